The van der Waals surface area contributed by atoms with Crippen molar-refractivity contribution in [3.8, 4) is 6.07 Å². The van der Waals surface area contributed by atoms with Crippen LogP contribution < -0.4 is 0 Å². The van der Waals surface area contributed by atoms with Gasteiger partial charge in [-0.15, -0.1) is 0 Å². The molecule has 0 spiro atoms. The Morgan fingerprint density at radius 2 is 1.81 bits per heavy atom. The van der Waals surface area contributed by atoms with Crippen molar-refractivity contribution in [2.45, 2.75) is 57.9 Å². The number of rotatable bonds is 1. The van der Waals surface area contributed by atoms with E-state index in [1.807, 2.05) is 0 Å². The van der Waals surface area contributed by atoms with Crippen LogP contribution in [0.25, 0.3) is 0 Å². The van der Waals surface area contributed by atoms with E-state index in [0.29, 0.717) is 5.92 Å². The normalized spacial score (nSPS) is 41.6. The van der Waals surface area contributed by atoms with E-state index >= 15 is 0 Å². The molecule has 3 unspecified atom stereocenters. The second kappa shape index (κ2) is 4.75. The monoisotopic (exact) mass is 220 g/mol. The molecule has 1 aliphatic heterocycles. The summed E-state index contributed by atoms with van der Waals surface area (Å²) in [5, 5.41) is 9.69. The summed E-state index contributed by atoms with van der Waals surface area (Å²) in [4.78, 5) is 2.50. The zero-order chi connectivity index (χ0) is 11.6. The molecule has 2 nitrogen and oxygen atoms in total. The molecule has 16 heavy (non-hydrogen) atoms. The molecule has 2 fully saturated rings. The maximum Gasteiger partial charge on any atom is 0.112 e. The fourth-order valence-corrected chi connectivity index (χ4v) is 3.57. The zero-order valence-electron chi connectivity index (χ0n) is 10.7. The summed E-state index contributed by atoms with van der Waals surface area (Å²) in [6, 6.07) is 2.69. The standard InChI is InChI=1S/C14H24N2/c1-12-6-7-13(2)14(10-12,11-15)16-8-4-3-5-9-16/h12-13H,3-10H2,1-2H3. The Balaban J connectivity index is 2.18. The van der Waals surface area contributed by atoms with Gasteiger partial charge in [0.05, 0.1) is 6.07 Å². The average molecular weight is 220 g/mol. The van der Waals surface area contributed by atoms with E-state index in [0.717, 1.165) is 25.4 Å². The van der Waals surface area contributed by atoms with Crippen molar-refractivity contribution < 1.29 is 0 Å². The van der Waals surface area contributed by atoms with E-state index in [9.17, 15) is 5.26 Å². The van der Waals surface area contributed by atoms with Gasteiger partial charge in [-0.25, -0.2) is 0 Å². The minimum Gasteiger partial charge on any atom is -0.285 e. The van der Waals surface area contributed by atoms with Gasteiger partial charge < -0.3 is 0 Å². The Hall–Kier alpha value is -0.550. The predicted octanol–water partition coefficient (Wildman–Crippen LogP) is 3.19. The summed E-state index contributed by atoms with van der Waals surface area (Å²) in [6.45, 7) is 6.88. The molecule has 2 heteroatoms. The van der Waals surface area contributed by atoms with Gasteiger partial charge in [0.25, 0.3) is 0 Å². The molecule has 3 atom stereocenters. The Labute approximate surface area is 99.6 Å². The first-order chi connectivity index (χ1) is 7.69. The van der Waals surface area contributed by atoms with Gasteiger partial charge in [-0.2, -0.15) is 5.26 Å². The Bertz CT molecular complexity index is 275. The van der Waals surface area contributed by atoms with Gasteiger partial charge in [-0.05, 0) is 50.6 Å². The third-order valence-electron chi connectivity index (χ3n) is 4.68. The zero-order valence-corrected chi connectivity index (χ0v) is 10.7. The number of nitrogens with zero attached hydrogens (tertiary/aromatic N) is 2. The molecule has 1 heterocycles. The van der Waals surface area contributed by atoms with E-state index in [-0.39, 0.29) is 5.54 Å². The van der Waals surface area contributed by atoms with Crippen LogP contribution in [0.5, 0.6) is 0 Å². The number of piperidine rings is 1. The minimum atomic E-state index is -0.141. The van der Waals surface area contributed by atoms with Gasteiger partial charge in [0, 0.05) is 0 Å². The molecule has 0 aromatic rings. The largest absolute Gasteiger partial charge is 0.285 e. The first kappa shape index (κ1) is 11.9. The molecule has 0 aromatic heterocycles. The smallest absolute Gasteiger partial charge is 0.112 e. The third-order valence-corrected chi connectivity index (χ3v) is 4.68. The van der Waals surface area contributed by atoms with E-state index in [4.69, 9.17) is 0 Å². The molecule has 2 rings (SSSR count). The van der Waals surface area contributed by atoms with Crippen molar-refractivity contribution in [3.63, 3.8) is 0 Å². The predicted molar refractivity (Wildman–Crippen MR) is 65.9 cm³/mol. The van der Waals surface area contributed by atoms with Crippen LogP contribution in [0, 0.1) is 23.2 Å². The van der Waals surface area contributed by atoms with Crippen molar-refractivity contribution in [3.05, 3.63) is 0 Å². The lowest BCUT2D eigenvalue weighted by atomic mass is 9.69. The molecule has 1 saturated heterocycles. The Kier molecular flexibility index (Phi) is 3.54. The lowest BCUT2D eigenvalue weighted by Gasteiger charge is -2.48. The molecule has 1 saturated carbocycles. The molecule has 0 N–H and O–H groups in total. The SMILES string of the molecule is CC1CCC(C)C(C#N)(N2CCCCC2)C1. The van der Waals surface area contributed by atoms with E-state index in [2.05, 4.69) is 24.8 Å². The molecule has 2 aliphatic rings. The highest BCUT2D eigenvalue weighted by molar-refractivity contribution is 5.14. The number of hydrogen-bond acceptors (Lipinski definition) is 2. The molecular formula is C14H24N2. The number of hydrogen-bond donors (Lipinski definition) is 0. The molecular weight excluding hydrogens is 196 g/mol. The number of nitriles is 1. The maximum absolute atomic E-state index is 9.69. The molecule has 1 aliphatic carbocycles. The van der Waals surface area contributed by atoms with E-state index in [1.54, 1.807) is 0 Å². The fourth-order valence-electron chi connectivity index (χ4n) is 3.57. The average Bonchev–Trinajstić information content (AvgIpc) is 2.33. The van der Waals surface area contributed by atoms with Crippen LogP contribution in [0.1, 0.15) is 52.4 Å². The van der Waals surface area contributed by atoms with Crippen LogP contribution in [-0.4, -0.2) is 23.5 Å². The van der Waals surface area contributed by atoms with E-state index in [1.165, 1.54) is 32.1 Å². The van der Waals surface area contributed by atoms with Crippen LogP contribution in [0.4, 0.5) is 0 Å². The lowest BCUT2D eigenvalue weighted by molar-refractivity contribution is 0.0205. The second-order valence-corrected chi connectivity index (χ2v) is 5.87. The van der Waals surface area contributed by atoms with Crippen molar-refractivity contribution in [1.82, 2.24) is 4.90 Å². The first-order valence-corrected chi connectivity index (χ1v) is 6.85. The van der Waals surface area contributed by atoms with Gasteiger partial charge in [0.15, 0.2) is 0 Å². The van der Waals surface area contributed by atoms with Gasteiger partial charge in [0.1, 0.15) is 5.54 Å². The molecule has 90 valence electrons. The van der Waals surface area contributed by atoms with Crippen molar-refractivity contribution in [2.24, 2.45) is 11.8 Å². The van der Waals surface area contributed by atoms with Crippen LogP contribution >= 0.6 is 0 Å². The topological polar surface area (TPSA) is 27.0 Å². The highest BCUT2D eigenvalue weighted by atomic mass is 15.2. The Morgan fingerprint density at radius 3 is 2.44 bits per heavy atom. The third kappa shape index (κ3) is 1.98. The summed E-state index contributed by atoms with van der Waals surface area (Å²) in [5.41, 5.74) is -0.141. The highest BCUT2D eigenvalue weighted by Crippen LogP contribution is 2.41. The summed E-state index contributed by atoms with van der Waals surface area (Å²) >= 11 is 0. The van der Waals surface area contributed by atoms with Gasteiger partial charge in [0.2, 0.25) is 0 Å². The summed E-state index contributed by atoms with van der Waals surface area (Å²) in [6.07, 6.45) is 7.53. The van der Waals surface area contributed by atoms with Crippen LogP contribution in [0.2, 0.25) is 0 Å². The maximum atomic E-state index is 9.69. The van der Waals surface area contributed by atoms with Crippen LogP contribution in [0.15, 0.2) is 0 Å². The van der Waals surface area contributed by atoms with Crippen molar-refractivity contribution in [1.29, 1.82) is 5.26 Å². The Morgan fingerprint density at radius 1 is 1.12 bits per heavy atom. The molecule has 0 aromatic carbocycles. The quantitative estimate of drug-likeness (QED) is 0.678. The van der Waals surface area contributed by atoms with Gasteiger partial charge in [-0.1, -0.05) is 26.7 Å². The molecule has 0 amide bonds. The van der Waals surface area contributed by atoms with Gasteiger partial charge in [-0.3, -0.25) is 4.90 Å². The minimum absolute atomic E-state index is 0.141. The summed E-state index contributed by atoms with van der Waals surface area (Å²) in [7, 11) is 0. The molecule has 0 radical (unpaired) electrons. The first-order valence-electron chi connectivity index (χ1n) is 6.85. The second-order valence-electron chi connectivity index (χ2n) is 5.87. The van der Waals surface area contributed by atoms with Crippen molar-refractivity contribution >= 4 is 0 Å². The fraction of sp³-hybridized carbons (Fsp3) is 0.929. The van der Waals surface area contributed by atoms with Gasteiger partial charge >= 0.3 is 0 Å². The summed E-state index contributed by atoms with van der Waals surface area (Å²) in [5.74, 6) is 1.27. The van der Waals surface area contributed by atoms with Crippen LogP contribution in [0.3, 0.4) is 0 Å². The lowest BCUT2D eigenvalue weighted by Crippen LogP contribution is -2.56. The molecule has 0 bridgehead atoms. The number of likely N-dealkylation sites (tertiary alicyclic amines) is 1. The summed E-state index contributed by atoms with van der Waals surface area (Å²) < 4.78 is 0. The van der Waals surface area contributed by atoms with Crippen LogP contribution in [-0.2, 0) is 0 Å². The van der Waals surface area contributed by atoms with E-state index < -0.39 is 0 Å². The van der Waals surface area contributed by atoms with Crippen molar-refractivity contribution in [2.75, 3.05) is 13.1 Å². The highest BCUT2D eigenvalue weighted by Gasteiger charge is 2.45.